The van der Waals surface area contributed by atoms with E-state index in [4.69, 9.17) is 4.74 Å². The molecule has 7 nitrogen and oxygen atoms in total. The maximum atomic E-state index is 13.1. The number of nitrogens with one attached hydrogen (secondary N) is 1. The third kappa shape index (κ3) is 3.62. The molecule has 0 aliphatic carbocycles. The molecular formula is C23H21N3O4S2. The molecule has 4 aromatic rings. The molecule has 3 aromatic carbocycles. The standard InChI is InChI=1S/C23H21N3O4S2/c1-30-18-10-8-16(14-20(18)32(28,29)26-12-4-5-13-26)22(27)25-23-24-21-17-7-3-2-6-15(17)9-11-19(21)31-23/h2-3,6-11,14H,4-5,12-13H2,1H3,(H,24,25,27). The smallest absolute Gasteiger partial charge is 0.257 e. The lowest BCUT2D eigenvalue weighted by atomic mass is 10.1. The number of methoxy groups -OCH3 is 1. The number of fused-ring (bicyclic) bond motifs is 3. The van der Waals surface area contributed by atoms with Crippen LogP contribution in [-0.2, 0) is 10.0 Å². The highest BCUT2D eigenvalue weighted by molar-refractivity contribution is 7.89. The van der Waals surface area contributed by atoms with Gasteiger partial charge in [0.15, 0.2) is 5.13 Å². The van der Waals surface area contributed by atoms with Crippen molar-refractivity contribution in [3.63, 3.8) is 0 Å². The Hall–Kier alpha value is -3.01. The minimum atomic E-state index is -3.74. The number of benzene rings is 3. The summed E-state index contributed by atoms with van der Waals surface area (Å²) in [4.78, 5) is 17.6. The quantitative estimate of drug-likeness (QED) is 0.467. The fraction of sp³-hybridized carbons (Fsp3) is 0.217. The van der Waals surface area contributed by atoms with E-state index in [1.54, 1.807) is 6.07 Å². The molecule has 0 unspecified atom stereocenters. The maximum absolute atomic E-state index is 13.1. The molecule has 1 amide bonds. The number of nitrogens with zero attached hydrogens (tertiary/aromatic N) is 2. The summed E-state index contributed by atoms with van der Waals surface area (Å²) in [6.07, 6.45) is 1.65. The molecule has 0 bridgehead atoms. The second kappa shape index (κ2) is 8.16. The Labute approximate surface area is 189 Å². The fourth-order valence-corrected chi connectivity index (χ4v) is 6.55. The number of aromatic nitrogens is 1. The highest BCUT2D eigenvalue weighted by atomic mass is 32.2. The lowest BCUT2D eigenvalue weighted by molar-refractivity contribution is 0.102. The van der Waals surface area contributed by atoms with E-state index in [-0.39, 0.29) is 16.2 Å². The van der Waals surface area contributed by atoms with Crippen LogP contribution in [0.2, 0.25) is 0 Å². The zero-order chi connectivity index (χ0) is 22.3. The van der Waals surface area contributed by atoms with Gasteiger partial charge in [0.1, 0.15) is 10.6 Å². The zero-order valence-electron chi connectivity index (χ0n) is 17.4. The molecule has 0 spiro atoms. The van der Waals surface area contributed by atoms with E-state index in [2.05, 4.69) is 10.3 Å². The number of sulfonamides is 1. The molecule has 0 radical (unpaired) electrons. The van der Waals surface area contributed by atoms with Gasteiger partial charge in [0.2, 0.25) is 10.0 Å². The molecule has 9 heteroatoms. The molecule has 1 aromatic heterocycles. The second-order valence-corrected chi connectivity index (χ2v) is 10.5. The van der Waals surface area contributed by atoms with Crippen LogP contribution in [0.15, 0.2) is 59.5 Å². The van der Waals surface area contributed by atoms with E-state index in [0.29, 0.717) is 18.2 Å². The fourth-order valence-electron chi connectivity index (χ4n) is 3.97. The molecule has 5 rings (SSSR count). The molecule has 1 N–H and O–H groups in total. The van der Waals surface area contributed by atoms with Crippen molar-refractivity contribution in [1.82, 2.24) is 9.29 Å². The number of thiazole rings is 1. The summed E-state index contributed by atoms with van der Waals surface area (Å²) in [6, 6.07) is 16.4. The van der Waals surface area contributed by atoms with Gasteiger partial charge in [0, 0.05) is 24.0 Å². The summed E-state index contributed by atoms with van der Waals surface area (Å²) in [5.74, 6) is -0.200. The summed E-state index contributed by atoms with van der Waals surface area (Å²) in [6.45, 7) is 0.948. The van der Waals surface area contributed by atoms with Crippen LogP contribution in [0.3, 0.4) is 0 Å². The van der Waals surface area contributed by atoms with E-state index >= 15 is 0 Å². The Morgan fingerprint density at radius 1 is 1.09 bits per heavy atom. The number of ether oxygens (including phenoxy) is 1. The van der Waals surface area contributed by atoms with Crippen LogP contribution < -0.4 is 10.1 Å². The first-order valence-corrected chi connectivity index (χ1v) is 12.5. The van der Waals surface area contributed by atoms with E-state index in [0.717, 1.165) is 33.8 Å². The van der Waals surface area contributed by atoms with Gasteiger partial charge in [-0.25, -0.2) is 13.4 Å². The predicted octanol–water partition coefficient (Wildman–Crippen LogP) is 4.49. The van der Waals surface area contributed by atoms with Gasteiger partial charge < -0.3 is 4.74 Å². The number of rotatable bonds is 5. The molecule has 32 heavy (non-hydrogen) atoms. The number of carbonyl (C=O) groups is 1. The molecule has 2 heterocycles. The third-order valence-electron chi connectivity index (χ3n) is 5.61. The average molecular weight is 468 g/mol. The molecule has 1 aliphatic heterocycles. The van der Waals surface area contributed by atoms with Crippen LogP contribution in [0, 0.1) is 0 Å². The molecule has 0 saturated carbocycles. The second-order valence-electron chi connectivity index (χ2n) is 7.58. The maximum Gasteiger partial charge on any atom is 0.257 e. The van der Waals surface area contributed by atoms with Gasteiger partial charge in [-0.1, -0.05) is 41.7 Å². The number of anilines is 1. The van der Waals surface area contributed by atoms with Crippen LogP contribution in [0.25, 0.3) is 21.0 Å². The Kier molecular flexibility index (Phi) is 5.32. The van der Waals surface area contributed by atoms with Crippen LogP contribution in [0.5, 0.6) is 5.75 Å². The van der Waals surface area contributed by atoms with Gasteiger partial charge in [0.05, 0.1) is 17.3 Å². The van der Waals surface area contributed by atoms with Gasteiger partial charge in [-0.2, -0.15) is 4.31 Å². The molecule has 164 valence electrons. The van der Waals surface area contributed by atoms with E-state index in [1.165, 1.54) is 34.9 Å². The lowest BCUT2D eigenvalue weighted by Crippen LogP contribution is -2.28. The number of carbonyl (C=O) groups excluding carboxylic acids is 1. The molecule has 1 saturated heterocycles. The summed E-state index contributed by atoms with van der Waals surface area (Å²) in [5, 5.41) is 5.37. The lowest BCUT2D eigenvalue weighted by Gasteiger charge is -2.18. The molecule has 0 atom stereocenters. The van der Waals surface area contributed by atoms with Crippen LogP contribution in [0.1, 0.15) is 23.2 Å². The topological polar surface area (TPSA) is 88.6 Å². The van der Waals surface area contributed by atoms with E-state index < -0.39 is 15.9 Å². The van der Waals surface area contributed by atoms with Crippen molar-refractivity contribution in [3.05, 3.63) is 60.2 Å². The summed E-state index contributed by atoms with van der Waals surface area (Å²) >= 11 is 1.38. The summed E-state index contributed by atoms with van der Waals surface area (Å²) < 4.78 is 33.9. The Morgan fingerprint density at radius 2 is 1.88 bits per heavy atom. The monoisotopic (exact) mass is 467 g/mol. The average Bonchev–Trinajstić information content (AvgIpc) is 3.49. The normalized spacial score (nSPS) is 14.8. The van der Waals surface area contributed by atoms with Crippen molar-refractivity contribution in [1.29, 1.82) is 0 Å². The van der Waals surface area contributed by atoms with Gasteiger partial charge in [-0.3, -0.25) is 10.1 Å². The van der Waals surface area contributed by atoms with Crippen molar-refractivity contribution in [2.75, 3.05) is 25.5 Å². The van der Waals surface area contributed by atoms with Gasteiger partial charge >= 0.3 is 0 Å². The van der Waals surface area contributed by atoms with Crippen molar-refractivity contribution >= 4 is 53.4 Å². The predicted molar refractivity (Wildman–Crippen MR) is 126 cm³/mol. The highest BCUT2D eigenvalue weighted by Gasteiger charge is 2.30. The molecule has 1 fully saturated rings. The first-order chi connectivity index (χ1) is 15.5. The van der Waals surface area contributed by atoms with Gasteiger partial charge in [-0.05, 0) is 42.5 Å². The van der Waals surface area contributed by atoms with Gasteiger partial charge in [0.25, 0.3) is 5.91 Å². The van der Waals surface area contributed by atoms with Crippen molar-refractivity contribution < 1.29 is 17.9 Å². The largest absolute Gasteiger partial charge is 0.495 e. The SMILES string of the molecule is COc1ccc(C(=O)Nc2nc3c(ccc4ccccc43)s2)cc1S(=O)(=O)N1CCCC1. The number of amides is 1. The van der Waals surface area contributed by atoms with Crippen molar-refractivity contribution in [2.24, 2.45) is 0 Å². The Bertz CT molecular complexity index is 1440. The third-order valence-corrected chi connectivity index (χ3v) is 8.47. The molecular weight excluding hydrogens is 446 g/mol. The first-order valence-electron chi connectivity index (χ1n) is 10.3. The minimum Gasteiger partial charge on any atom is -0.495 e. The van der Waals surface area contributed by atoms with Crippen LogP contribution in [0.4, 0.5) is 5.13 Å². The zero-order valence-corrected chi connectivity index (χ0v) is 19.0. The van der Waals surface area contributed by atoms with E-state index in [9.17, 15) is 13.2 Å². The van der Waals surface area contributed by atoms with Crippen molar-refractivity contribution in [2.45, 2.75) is 17.7 Å². The van der Waals surface area contributed by atoms with E-state index in [1.807, 2.05) is 36.4 Å². The van der Waals surface area contributed by atoms with Gasteiger partial charge in [-0.15, -0.1) is 0 Å². The molecule has 1 aliphatic rings. The minimum absolute atomic E-state index is 0.00449. The van der Waals surface area contributed by atoms with Crippen LogP contribution in [-0.4, -0.2) is 43.8 Å². The van der Waals surface area contributed by atoms with Crippen molar-refractivity contribution in [3.8, 4) is 5.75 Å². The Morgan fingerprint density at radius 3 is 2.66 bits per heavy atom. The van der Waals surface area contributed by atoms with Crippen LogP contribution >= 0.6 is 11.3 Å². The number of hydrogen-bond donors (Lipinski definition) is 1. The summed E-state index contributed by atoms with van der Waals surface area (Å²) in [7, 11) is -2.32. The highest BCUT2D eigenvalue weighted by Crippen LogP contribution is 2.33. The number of hydrogen-bond acceptors (Lipinski definition) is 6. The Balaban J connectivity index is 1.48. The summed E-state index contributed by atoms with van der Waals surface area (Å²) in [5.41, 5.74) is 1.06. The first kappa shape index (κ1) is 20.9.